The van der Waals surface area contributed by atoms with Crippen molar-refractivity contribution in [1.82, 2.24) is 0 Å². The van der Waals surface area contributed by atoms with Crippen molar-refractivity contribution in [1.29, 1.82) is 0 Å². The van der Waals surface area contributed by atoms with Gasteiger partial charge < -0.3 is 0 Å². The Bertz CT molecular complexity index is 1450. The Kier molecular flexibility index (Phi) is 5.68. The molecular formula is C32H22S2. The fourth-order valence-electron chi connectivity index (χ4n) is 4.39. The highest BCUT2D eigenvalue weighted by Crippen LogP contribution is 2.50. The molecule has 0 radical (unpaired) electrons. The van der Waals surface area contributed by atoms with Gasteiger partial charge in [0.1, 0.15) is 0 Å². The van der Waals surface area contributed by atoms with E-state index in [0.717, 1.165) is 0 Å². The number of benzene rings is 4. The Hall–Kier alpha value is -3.72. The third kappa shape index (κ3) is 3.92. The van der Waals surface area contributed by atoms with Crippen LogP contribution in [-0.4, -0.2) is 0 Å². The van der Waals surface area contributed by atoms with E-state index in [0.29, 0.717) is 0 Å². The topological polar surface area (TPSA) is 0 Å². The first-order chi connectivity index (χ1) is 16.9. The van der Waals surface area contributed by atoms with E-state index in [1.54, 1.807) is 0 Å². The van der Waals surface area contributed by atoms with Gasteiger partial charge in [0, 0.05) is 36.7 Å². The van der Waals surface area contributed by atoms with Crippen LogP contribution in [0.3, 0.4) is 0 Å². The van der Waals surface area contributed by atoms with Gasteiger partial charge in [0.25, 0.3) is 0 Å². The number of thiophene rings is 2. The number of hydrogen-bond acceptors (Lipinski definition) is 2. The summed E-state index contributed by atoms with van der Waals surface area (Å²) in [5, 5.41) is 2.33. The van der Waals surface area contributed by atoms with Crippen LogP contribution in [-0.2, 0) is 0 Å². The first kappa shape index (κ1) is 20.9. The highest BCUT2D eigenvalue weighted by molar-refractivity contribution is 7.20. The third-order valence-corrected chi connectivity index (χ3v) is 8.25. The van der Waals surface area contributed by atoms with Gasteiger partial charge in [-0.1, -0.05) is 121 Å². The van der Waals surface area contributed by atoms with Crippen LogP contribution in [0.1, 0.15) is 0 Å². The highest BCUT2D eigenvalue weighted by Gasteiger charge is 2.20. The second-order valence-corrected chi connectivity index (χ2v) is 10.1. The summed E-state index contributed by atoms with van der Waals surface area (Å²) in [5.74, 6) is 0. The van der Waals surface area contributed by atoms with E-state index in [-0.39, 0.29) is 0 Å². The summed E-state index contributed by atoms with van der Waals surface area (Å²) < 4.78 is 0. The Morgan fingerprint density at radius 2 is 0.882 bits per heavy atom. The van der Waals surface area contributed by atoms with Crippen LogP contribution in [0.2, 0.25) is 0 Å². The van der Waals surface area contributed by atoms with Gasteiger partial charge in [0.2, 0.25) is 0 Å². The minimum Gasteiger partial charge on any atom is -0.142 e. The molecule has 0 fully saturated rings. The lowest BCUT2D eigenvalue weighted by Gasteiger charge is -2.08. The van der Waals surface area contributed by atoms with Crippen molar-refractivity contribution in [2.24, 2.45) is 0 Å². The smallest absolute Gasteiger partial charge is 0.0427 e. The number of hydrogen-bond donors (Lipinski definition) is 0. The molecule has 4 aromatic carbocycles. The molecule has 0 amide bonds. The summed E-state index contributed by atoms with van der Waals surface area (Å²) >= 11 is 3.72. The molecule has 0 aliphatic heterocycles. The van der Waals surface area contributed by atoms with Gasteiger partial charge in [-0.15, -0.1) is 22.7 Å². The maximum Gasteiger partial charge on any atom is 0.0427 e. The predicted molar refractivity (Wildman–Crippen MR) is 149 cm³/mol. The van der Waals surface area contributed by atoms with Crippen LogP contribution < -0.4 is 0 Å². The highest BCUT2D eigenvalue weighted by atomic mass is 32.1. The summed E-state index contributed by atoms with van der Waals surface area (Å²) in [6.45, 7) is 0. The zero-order valence-corrected chi connectivity index (χ0v) is 20.2. The quantitative estimate of drug-likeness (QED) is 0.235. The zero-order chi connectivity index (χ0) is 22.7. The van der Waals surface area contributed by atoms with Gasteiger partial charge in [-0.05, 0) is 28.3 Å². The lowest BCUT2D eigenvalue weighted by Crippen LogP contribution is -1.82. The van der Waals surface area contributed by atoms with Crippen molar-refractivity contribution >= 4 is 22.7 Å². The minimum absolute atomic E-state index is 1.25. The predicted octanol–water partition coefficient (Wildman–Crippen LogP) is 10.1. The van der Waals surface area contributed by atoms with Crippen molar-refractivity contribution in [3.8, 4) is 53.6 Å². The van der Waals surface area contributed by atoms with E-state index in [9.17, 15) is 0 Å². The molecule has 6 aromatic rings. The molecule has 0 atom stereocenters. The van der Waals surface area contributed by atoms with E-state index >= 15 is 0 Å². The second-order valence-electron chi connectivity index (χ2n) is 8.17. The van der Waals surface area contributed by atoms with Crippen molar-refractivity contribution in [3.63, 3.8) is 0 Å². The first-order valence-electron chi connectivity index (χ1n) is 11.4. The van der Waals surface area contributed by atoms with Crippen molar-refractivity contribution < 1.29 is 0 Å². The van der Waals surface area contributed by atoms with Crippen molar-refractivity contribution in [2.75, 3.05) is 0 Å². The summed E-state index contributed by atoms with van der Waals surface area (Å²) in [6, 6.07) is 45.4. The molecule has 6 rings (SSSR count). The molecular weight excluding hydrogens is 448 g/mol. The van der Waals surface area contributed by atoms with E-state index in [1.807, 2.05) is 22.7 Å². The van der Waals surface area contributed by atoms with Crippen LogP contribution in [0.5, 0.6) is 0 Å². The molecule has 0 aliphatic carbocycles. The molecule has 2 heterocycles. The first-order valence-corrected chi connectivity index (χ1v) is 13.1. The molecule has 0 aliphatic rings. The molecule has 162 valence electrons. The number of rotatable bonds is 5. The Morgan fingerprint density at radius 3 is 1.44 bits per heavy atom. The maximum absolute atomic E-state index is 2.38. The Labute approximate surface area is 208 Å². The van der Waals surface area contributed by atoms with Crippen LogP contribution >= 0.6 is 22.7 Å². The molecule has 0 spiro atoms. The van der Waals surface area contributed by atoms with Crippen LogP contribution in [0.4, 0.5) is 0 Å². The fraction of sp³-hybridized carbons (Fsp3) is 0. The van der Waals surface area contributed by atoms with E-state index < -0.39 is 0 Å². The van der Waals surface area contributed by atoms with Crippen molar-refractivity contribution in [3.05, 3.63) is 133 Å². The Morgan fingerprint density at radius 1 is 0.412 bits per heavy atom. The van der Waals surface area contributed by atoms with Gasteiger partial charge >= 0.3 is 0 Å². The molecule has 0 unspecified atom stereocenters. The van der Waals surface area contributed by atoms with E-state index in [2.05, 4.69) is 133 Å². The summed E-state index contributed by atoms with van der Waals surface area (Å²) in [7, 11) is 0. The van der Waals surface area contributed by atoms with Crippen LogP contribution in [0.25, 0.3) is 53.6 Å². The maximum atomic E-state index is 2.38. The van der Waals surface area contributed by atoms with Gasteiger partial charge in [0.05, 0.1) is 0 Å². The average molecular weight is 471 g/mol. The normalized spacial score (nSPS) is 10.9. The van der Waals surface area contributed by atoms with Crippen LogP contribution in [0, 0.1) is 0 Å². The SMILES string of the molecule is c1ccc(-c2cc(-c3csc(-c4ccccc4)c3-c3ccccc3)sc2-c2ccccc2)cc1. The minimum atomic E-state index is 1.25. The summed E-state index contributed by atoms with van der Waals surface area (Å²) in [5.41, 5.74) is 8.95. The molecule has 0 saturated heterocycles. The third-order valence-electron chi connectivity index (χ3n) is 6.01. The van der Waals surface area contributed by atoms with Gasteiger partial charge in [-0.3, -0.25) is 0 Å². The monoisotopic (exact) mass is 470 g/mol. The fourth-order valence-corrected chi connectivity index (χ4v) is 6.77. The summed E-state index contributed by atoms with van der Waals surface area (Å²) in [6.07, 6.45) is 0. The lowest BCUT2D eigenvalue weighted by molar-refractivity contribution is 1.64. The molecule has 0 N–H and O–H groups in total. The molecule has 0 nitrogen and oxygen atoms in total. The molecule has 0 bridgehead atoms. The van der Waals surface area contributed by atoms with Gasteiger partial charge in [0.15, 0.2) is 0 Å². The molecule has 34 heavy (non-hydrogen) atoms. The van der Waals surface area contributed by atoms with Crippen molar-refractivity contribution in [2.45, 2.75) is 0 Å². The van der Waals surface area contributed by atoms with Gasteiger partial charge in [-0.25, -0.2) is 0 Å². The van der Waals surface area contributed by atoms with E-state index in [4.69, 9.17) is 0 Å². The molecule has 2 heteroatoms. The second kappa shape index (κ2) is 9.26. The average Bonchev–Trinajstić information content (AvgIpc) is 3.56. The summed E-state index contributed by atoms with van der Waals surface area (Å²) in [4.78, 5) is 3.93. The standard InChI is InChI=1S/C32H22S2/c1-5-13-23(14-6-1)27-21-29(34-31(27)25-17-9-3-10-18-25)28-22-33-32(26-19-11-4-12-20-26)30(28)24-15-7-2-8-16-24/h1-22H. The zero-order valence-electron chi connectivity index (χ0n) is 18.5. The van der Waals surface area contributed by atoms with Gasteiger partial charge in [-0.2, -0.15) is 0 Å². The lowest BCUT2D eigenvalue weighted by atomic mass is 9.96. The molecule has 2 aromatic heterocycles. The molecule has 0 saturated carbocycles. The largest absolute Gasteiger partial charge is 0.142 e. The van der Waals surface area contributed by atoms with Crippen LogP contribution in [0.15, 0.2) is 133 Å². The van der Waals surface area contributed by atoms with E-state index in [1.165, 1.54) is 53.6 Å². The Balaban J connectivity index is 1.59.